The van der Waals surface area contributed by atoms with Crippen LogP contribution in [0.1, 0.15) is 15.9 Å². The van der Waals surface area contributed by atoms with Crippen molar-refractivity contribution < 1.29 is 14.3 Å². The lowest BCUT2D eigenvalue weighted by Gasteiger charge is -2.28. The number of ether oxygens (including phenoxy) is 2. The van der Waals surface area contributed by atoms with Gasteiger partial charge < -0.3 is 14.8 Å². The molecule has 0 aromatic heterocycles. The molecule has 2 aromatic rings. The van der Waals surface area contributed by atoms with Crippen molar-refractivity contribution in [1.29, 1.82) is 0 Å². The minimum absolute atomic E-state index is 0.0443. The number of ketones is 1. The second kappa shape index (κ2) is 7.15. The summed E-state index contributed by atoms with van der Waals surface area (Å²) in [6.07, 6.45) is 0.477. The van der Waals surface area contributed by atoms with Crippen LogP contribution in [-0.4, -0.2) is 32.1 Å². The number of halogens is 1. The lowest BCUT2D eigenvalue weighted by atomic mass is 10.0. The highest BCUT2D eigenvalue weighted by molar-refractivity contribution is 9.10. The van der Waals surface area contributed by atoms with Crippen molar-refractivity contribution in [2.45, 2.75) is 12.5 Å². The number of carbonyl (C=O) groups excluding carboxylic acids is 1. The SMILES string of the molecule is COc1cccc(C(=O)Cc2ccc(Br)cc2OC2CNC2)c1. The Morgan fingerprint density at radius 2 is 2.09 bits per heavy atom. The van der Waals surface area contributed by atoms with Crippen LogP contribution in [0.5, 0.6) is 11.5 Å². The summed E-state index contributed by atoms with van der Waals surface area (Å²) >= 11 is 3.46. The summed E-state index contributed by atoms with van der Waals surface area (Å²) in [7, 11) is 1.59. The number of benzene rings is 2. The lowest BCUT2D eigenvalue weighted by molar-refractivity contribution is 0.0987. The number of rotatable bonds is 6. The number of Topliss-reactive ketones (excluding diaryl/α,β-unsaturated/α-hetero) is 1. The Balaban J connectivity index is 1.79. The number of hydrogen-bond donors (Lipinski definition) is 1. The molecule has 0 spiro atoms. The molecule has 23 heavy (non-hydrogen) atoms. The molecule has 0 unspecified atom stereocenters. The van der Waals surface area contributed by atoms with Gasteiger partial charge in [0.1, 0.15) is 17.6 Å². The quantitative estimate of drug-likeness (QED) is 0.787. The maximum absolute atomic E-state index is 12.6. The summed E-state index contributed by atoms with van der Waals surface area (Å²) in [6.45, 7) is 1.69. The van der Waals surface area contributed by atoms with E-state index in [9.17, 15) is 4.79 Å². The van der Waals surface area contributed by atoms with Crippen molar-refractivity contribution in [1.82, 2.24) is 5.32 Å². The highest BCUT2D eigenvalue weighted by Crippen LogP contribution is 2.27. The summed E-state index contributed by atoms with van der Waals surface area (Å²) in [6, 6.07) is 13.0. The fourth-order valence-corrected chi connectivity index (χ4v) is 2.72. The summed E-state index contributed by atoms with van der Waals surface area (Å²) in [5, 5.41) is 3.18. The van der Waals surface area contributed by atoms with Gasteiger partial charge in [-0.25, -0.2) is 0 Å². The zero-order chi connectivity index (χ0) is 16.2. The van der Waals surface area contributed by atoms with Crippen molar-refractivity contribution in [2.75, 3.05) is 20.2 Å². The standard InChI is InChI=1S/C18H18BrNO3/c1-22-15-4-2-3-12(7-15)17(21)8-13-5-6-14(19)9-18(13)23-16-10-20-11-16/h2-7,9,16,20H,8,10-11H2,1H3. The first-order valence-electron chi connectivity index (χ1n) is 7.49. The fourth-order valence-electron chi connectivity index (χ4n) is 2.38. The molecule has 0 aliphatic carbocycles. The van der Waals surface area contributed by atoms with E-state index in [1.807, 2.05) is 30.3 Å². The first kappa shape index (κ1) is 16.0. The molecule has 0 bridgehead atoms. The van der Waals surface area contributed by atoms with Gasteiger partial charge in [0.25, 0.3) is 0 Å². The van der Waals surface area contributed by atoms with Gasteiger partial charge in [-0.15, -0.1) is 0 Å². The van der Waals surface area contributed by atoms with Gasteiger partial charge >= 0.3 is 0 Å². The van der Waals surface area contributed by atoms with E-state index in [-0.39, 0.29) is 11.9 Å². The van der Waals surface area contributed by atoms with E-state index in [0.29, 0.717) is 17.7 Å². The van der Waals surface area contributed by atoms with E-state index in [1.54, 1.807) is 19.2 Å². The molecular formula is C18H18BrNO3. The Labute approximate surface area is 143 Å². The van der Waals surface area contributed by atoms with E-state index < -0.39 is 0 Å². The van der Waals surface area contributed by atoms with Crippen LogP contribution < -0.4 is 14.8 Å². The van der Waals surface area contributed by atoms with Crippen LogP contribution in [0.15, 0.2) is 46.9 Å². The first-order chi connectivity index (χ1) is 11.2. The highest BCUT2D eigenvalue weighted by Gasteiger charge is 2.20. The second-order valence-electron chi connectivity index (χ2n) is 5.48. The molecule has 0 atom stereocenters. The maximum Gasteiger partial charge on any atom is 0.167 e. The molecule has 1 aliphatic heterocycles. The largest absolute Gasteiger partial charge is 0.497 e. The van der Waals surface area contributed by atoms with Gasteiger partial charge in [0.2, 0.25) is 0 Å². The van der Waals surface area contributed by atoms with Gasteiger partial charge in [-0.1, -0.05) is 34.1 Å². The summed E-state index contributed by atoms with van der Waals surface area (Å²) in [5.41, 5.74) is 1.54. The number of nitrogens with one attached hydrogen (secondary N) is 1. The number of methoxy groups -OCH3 is 1. The van der Waals surface area contributed by atoms with Crippen LogP contribution >= 0.6 is 15.9 Å². The molecule has 4 nitrogen and oxygen atoms in total. The van der Waals surface area contributed by atoms with Gasteiger partial charge in [-0.2, -0.15) is 0 Å². The van der Waals surface area contributed by atoms with E-state index >= 15 is 0 Å². The molecule has 120 valence electrons. The van der Waals surface area contributed by atoms with Crippen molar-refractivity contribution in [2.24, 2.45) is 0 Å². The Morgan fingerprint density at radius 3 is 2.78 bits per heavy atom. The molecule has 2 aromatic carbocycles. The minimum Gasteiger partial charge on any atom is -0.497 e. The predicted molar refractivity (Wildman–Crippen MR) is 92.5 cm³/mol. The molecule has 0 amide bonds. The van der Waals surface area contributed by atoms with Gasteiger partial charge in [0.15, 0.2) is 5.78 Å². The Kier molecular flexibility index (Phi) is 4.98. The van der Waals surface area contributed by atoms with Crippen LogP contribution in [0, 0.1) is 0 Å². The second-order valence-corrected chi connectivity index (χ2v) is 6.40. The molecule has 5 heteroatoms. The molecule has 1 heterocycles. The van der Waals surface area contributed by atoms with Crippen molar-refractivity contribution in [3.63, 3.8) is 0 Å². The molecule has 0 saturated carbocycles. The van der Waals surface area contributed by atoms with Crippen molar-refractivity contribution >= 4 is 21.7 Å². The topological polar surface area (TPSA) is 47.6 Å². The molecular weight excluding hydrogens is 358 g/mol. The summed E-state index contributed by atoms with van der Waals surface area (Å²) in [5.74, 6) is 1.49. The fraction of sp³-hybridized carbons (Fsp3) is 0.278. The third-order valence-electron chi connectivity index (χ3n) is 3.81. The summed E-state index contributed by atoms with van der Waals surface area (Å²) < 4.78 is 12.1. The number of hydrogen-bond acceptors (Lipinski definition) is 4. The summed E-state index contributed by atoms with van der Waals surface area (Å²) in [4.78, 5) is 12.6. The smallest absolute Gasteiger partial charge is 0.167 e. The highest BCUT2D eigenvalue weighted by atomic mass is 79.9. The Bertz CT molecular complexity index is 713. The van der Waals surface area contributed by atoms with E-state index in [4.69, 9.17) is 9.47 Å². The number of carbonyl (C=O) groups is 1. The zero-order valence-corrected chi connectivity index (χ0v) is 14.4. The molecule has 1 N–H and O–H groups in total. The molecule has 0 radical (unpaired) electrons. The average Bonchev–Trinajstić information content (AvgIpc) is 2.53. The third-order valence-corrected chi connectivity index (χ3v) is 4.30. The Hall–Kier alpha value is -1.85. The van der Waals surface area contributed by atoms with Crippen LogP contribution in [0.3, 0.4) is 0 Å². The van der Waals surface area contributed by atoms with Gasteiger partial charge in [-0.3, -0.25) is 4.79 Å². The van der Waals surface area contributed by atoms with Crippen LogP contribution in [-0.2, 0) is 6.42 Å². The average molecular weight is 376 g/mol. The predicted octanol–water partition coefficient (Wildman–Crippen LogP) is 3.23. The van der Waals surface area contributed by atoms with Crippen LogP contribution in [0.2, 0.25) is 0 Å². The molecule has 3 rings (SSSR count). The van der Waals surface area contributed by atoms with Gasteiger partial charge in [-0.05, 0) is 24.3 Å². The molecule has 1 saturated heterocycles. The monoisotopic (exact) mass is 375 g/mol. The first-order valence-corrected chi connectivity index (χ1v) is 8.28. The van der Waals surface area contributed by atoms with Gasteiger partial charge in [0, 0.05) is 35.1 Å². The Morgan fingerprint density at radius 1 is 1.26 bits per heavy atom. The maximum atomic E-state index is 12.6. The third kappa shape index (κ3) is 3.92. The van der Waals surface area contributed by atoms with Crippen LogP contribution in [0.25, 0.3) is 0 Å². The molecule has 1 aliphatic rings. The van der Waals surface area contributed by atoms with Crippen molar-refractivity contribution in [3.8, 4) is 11.5 Å². The normalized spacial score (nSPS) is 14.2. The van der Waals surface area contributed by atoms with Crippen molar-refractivity contribution in [3.05, 3.63) is 58.1 Å². The van der Waals surface area contributed by atoms with E-state index in [2.05, 4.69) is 21.2 Å². The van der Waals surface area contributed by atoms with Crippen LogP contribution in [0.4, 0.5) is 0 Å². The molecule has 1 fully saturated rings. The lowest BCUT2D eigenvalue weighted by Crippen LogP contribution is -2.50. The van der Waals surface area contributed by atoms with Gasteiger partial charge in [0.05, 0.1) is 7.11 Å². The van der Waals surface area contributed by atoms with E-state index in [1.165, 1.54) is 0 Å². The zero-order valence-electron chi connectivity index (χ0n) is 12.8. The van der Waals surface area contributed by atoms with E-state index in [0.717, 1.165) is 28.9 Å². The minimum atomic E-state index is 0.0443.